The fourth-order valence-corrected chi connectivity index (χ4v) is 4.04. The van der Waals surface area contributed by atoms with Gasteiger partial charge in [-0.1, -0.05) is 29.8 Å². The molecule has 3 aromatic carbocycles. The lowest BCUT2D eigenvalue weighted by molar-refractivity contribution is 0.0746. The van der Waals surface area contributed by atoms with E-state index >= 15 is 0 Å². The van der Waals surface area contributed by atoms with E-state index in [9.17, 15) is 4.79 Å². The number of hydrogen-bond donors (Lipinski definition) is 0. The van der Waals surface area contributed by atoms with Crippen molar-refractivity contribution in [3.8, 4) is 17.2 Å². The fourth-order valence-electron chi connectivity index (χ4n) is 4.04. The Labute approximate surface area is 195 Å². The van der Waals surface area contributed by atoms with E-state index in [1.165, 1.54) is 5.56 Å². The number of nitrogens with zero attached hydrogens (tertiary/aromatic N) is 2. The number of hydrogen-bond acceptors (Lipinski definition) is 5. The van der Waals surface area contributed by atoms with E-state index in [2.05, 4.69) is 11.0 Å². The Balaban J connectivity index is 1.42. The molecule has 0 bridgehead atoms. The molecule has 0 N–H and O–H groups in total. The highest BCUT2D eigenvalue weighted by Gasteiger charge is 2.24. The summed E-state index contributed by atoms with van der Waals surface area (Å²) in [6, 6.07) is 21.4. The van der Waals surface area contributed by atoms with Gasteiger partial charge in [0, 0.05) is 37.3 Å². The second kappa shape index (κ2) is 10.3. The molecule has 1 heterocycles. The van der Waals surface area contributed by atoms with Gasteiger partial charge in [0.2, 0.25) is 0 Å². The minimum absolute atomic E-state index is 0.0221. The molecule has 6 nitrogen and oxygen atoms in total. The van der Waals surface area contributed by atoms with Crippen molar-refractivity contribution >= 4 is 11.6 Å². The highest BCUT2D eigenvalue weighted by Crippen LogP contribution is 2.29. The number of benzene rings is 3. The molecular weight excluding hydrogens is 416 g/mol. The molecule has 4 rings (SSSR count). The number of carbonyl (C=O) groups is 1. The van der Waals surface area contributed by atoms with Gasteiger partial charge in [-0.05, 0) is 49.4 Å². The first kappa shape index (κ1) is 22.5. The molecule has 1 aliphatic rings. The van der Waals surface area contributed by atoms with E-state index < -0.39 is 0 Å². The number of carbonyl (C=O) groups excluding carboxylic acids is 1. The summed E-state index contributed by atoms with van der Waals surface area (Å²) in [6.07, 6.45) is 0. The summed E-state index contributed by atoms with van der Waals surface area (Å²) in [5.74, 6) is 2.37. The van der Waals surface area contributed by atoms with E-state index in [1.807, 2.05) is 72.5 Å². The van der Waals surface area contributed by atoms with Crippen molar-refractivity contribution in [3.63, 3.8) is 0 Å². The second-order valence-corrected chi connectivity index (χ2v) is 8.08. The number of para-hydroxylation sites is 2. The van der Waals surface area contributed by atoms with Crippen LogP contribution in [0.5, 0.6) is 17.2 Å². The standard InChI is InChI=1S/C27H30N2O4/c1-20-8-11-23(12-9-20)33-19-22-18-21(10-13-25(22)31-2)27(30)29-16-14-28(15-17-29)24-6-4-5-7-26(24)32-3/h4-13,18H,14-17,19H2,1-3H3. The van der Waals surface area contributed by atoms with E-state index in [4.69, 9.17) is 14.2 Å². The molecule has 0 unspecified atom stereocenters. The molecule has 0 radical (unpaired) electrons. The van der Waals surface area contributed by atoms with E-state index in [0.717, 1.165) is 35.8 Å². The van der Waals surface area contributed by atoms with E-state index in [0.29, 0.717) is 31.0 Å². The van der Waals surface area contributed by atoms with Crippen LogP contribution in [-0.2, 0) is 6.61 Å². The van der Waals surface area contributed by atoms with Crippen LogP contribution in [0, 0.1) is 6.92 Å². The third-order valence-corrected chi connectivity index (χ3v) is 5.94. The quantitative estimate of drug-likeness (QED) is 0.533. The third kappa shape index (κ3) is 5.22. The van der Waals surface area contributed by atoms with Crippen LogP contribution in [0.2, 0.25) is 0 Å². The second-order valence-electron chi connectivity index (χ2n) is 8.08. The zero-order valence-corrected chi connectivity index (χ0v) is 19.4. The van der Waals surface area contributed by atoms with E-state index in [-0.39, 0.29) is 5.91 Å². The Kier molecular flexibility index (Phi) is 7.03. The summed E-state index contributed by atoms with van der Waals surface area (Å²) in [7, 11) is 3.31. The Bertz CT molecular complexity index is 1090. The topological polar surface area (TPSA) is 51.2 Å². The maximum absolute atomic E-state index is 13.2. The molecular formula is C27H30N2O4. The van der Waals surface area contributed by atoms with Gasteiger partial charge < -0.3 is 24.0 Å². The number of amides is 1. The summed E-state index contributed by atoms with van der Waals surface area (Å²) < 4.78 is 16.9. The van der Waals surface area contributed by atoms with Crippen molar-refractivity contribution in [3.05, 3.63) is 83.4 Å². The maximum atomic E-state index is 13.2. The highest BCUT2D eigenvalue weighted by atomic mass is 16.5. The average Bonchev–Trinajstić information content (AvgIpc) is 2.88. The molecule has 33 heavy (non-hydrogen) atoms. The Morgan fingerprint density at radius 3 is 2.24 bits per heavy atom. The van der Waals surface area contributed by atoms with Crippen LogP contribution >= 0.6 is 0 Å². The van der Waals surface area contributed by atoms with Gasteiger partial charge in [-0.3, -0.25) is 4.79 Å². The fraction of sp³-hybridized carbons (Fsp3) is 0.296. The summed E-state index contributed by atoms with van der Waals surface area (Å²) in [5, 5.41) is 0. The van der Waals surface area contributed by atoms with Crippen LogP contribution in [0.3, 0.4) is 0 Å². The van der Waals surface area contributed by atoms with Gasteiger partial charge in [0.15, 0.2) is 0 Å². The van der Waals surface area contributed by atoms with Crippen molar-refractivity contribution in [2.45, 2.75) is 13.5 Å². The zero-order chi connectivity index (χ0) is 23.2. The predicted molar refractivity (Wildman–Crippen MR) is 130 cm³/mol. The number of aryl methyl sites for hydroxylation is 1. The van der Waals surface area contributed by atoms with Gasteiger partial charge in [-0.15, -0.1) is 0 Å². The van der Waals surface area contributed by atoms with Crippen molar-refractivity contribution in [1.82, 2.24) is 4.90 Å². The van der Waals surface area contributed by atoms with Crippen molar-refractivity contribution in [2.75, 3.05) is 45.3 Å². The minimum Gasteiger partial charge on any atom is -0.496 e. The van der Waals surface area contributed by atoms with Crippen molar-refractivity contribution < 1.29 is 19.0 Å². The Morgan fingerprint density at radius 2 is 1.55 bits per heavy atom. The van der Waals surface area contributed by atoms with Gasteiger partial charge >= 0.3 is 0 Å². The average molecular weight is 447 g/mol. The molecule has 0 saturated carbocycles. The Hall–Kier alpha value is -3.67. The van der Waals surface area contributed by atoms with Gasteiger partial charge in [0.05, 0.1) is 19.9 Å². The molecule has 3 aromatic rings. The largest absolute Gasteiger partial charge is 0.496 e. The minimum atomic E-state index is 0.0221. The van der Waals surface area contributed by atoms with Crippen LogP contribution in [0.25, 0.3) is 0 Å². The number of methoxy groups -OCH3 is 2. The van der Waals surface area contributed by atoms with Gasteiger partial charge in [-0.2, -0.15) is 0 Å². The van der Waals surface area contributed by atoms with Gasteiger partial charge in [0.1, 0.15) is 23.9 Å². The lowest BCUT2D eigenvalue weighted by Crippen LogP contribution is -2.48. The summed E-state index contributed by atoms with van der Waals surface area (Å²) in [6.45, 7) is 5.18. The van der Waals surface area contributed by atoms with Crippen molar-refractivity contribution in [2.24, 2.45) is 0 Å². The predicted octanol–water partition coefficient (Wildman–Crippen LogP) is 4.55. The first-order chi connectivity index (χ1) is 16.1. The molecule has 1 aliphatic heterocycles. The molecule has 0 spiro atoms. The van der Waals surface area contributed by atoms with Crippen LogP contribution in [0.15, 0.2) is 66.7 Å². The zero-order valence-electron chi connectivity index (χ0n) is 19.4. The van der Waals surface area contributed by atoms with Crippen LogP contribution < -0.4 is 19.1 Å². The Morgan fingerprint density at radius 1 is 0.848 bits per heavy atom. The highest BCUT2D eigenvalue weighted by molar-refractivity contribution is 5.94. The van der Waals surface area contributed by atoms with Crippen LogP contribution in [0.1, 0.15) is 21.5 Å². The molecule has 1 fully saturated rings. The smallest absolute Gasteiger partial charge is 0.253 e. The molecule has 1 amide bonds. The number of rotatable bonds is 7. The molecule has 0 aliphatic carbocycles. The number of ether oxygens (including phenoxy) is 3. The lowest BCUT2D eigenvalue weighted by atomic mass is 10.1. The summed E-state index contributed by atoms with van der Waals surface area (Å²) in [4.78, 5) is 17.4. The van der Waals surface area contributed by atoms with E-state index in [1.54, 1.807) is 14.2 Å². The maximum Gasteiger partial charge on any atom is 0.253 e. The molecule has 0 aromatic heterocycles. The third-order valence-electron chi connectivity index (χ3n) is 5.94. The van der Waals surface area contributed by atoms with Crippen molar-refractivity contribution in [1.29, 1.82) is 0 Å². The summed E-state index contributed by atoms with van der Waals surface area (Å²) in [5.41, 5.74) is 3.73. The van der Waals surface area contributed by atoms with Gasteiger partial charge in [0.25, 0.3) is 5.91 Å². The first-order valence-electron chi connectivity index (χ1n) is 11.1. The number of piperazine rings is 1. The normalized spacial score (nSPS) is 13.5. The number of anilines is 1. The molecule has 1 saturated heterocycles. The molecule has 6 heteroatoms. The SMILES string of the molecule is COc1ccc(C(=O)N2CCN(c3ccccc3OC)CC2)cc1COc1ccc(C)cc1. The summed E-state index contributed by atoms with van der Waals surface area (Å²) >= 11 is 0. The van der Waals surface area contributed by atoms with Crippen LogP contribution in [-0.4, -0.2) is 51.2 Å². The molecule has 0 atom stereocenters. The van der Waals surface area contributed by atoms with Gasteiger partial charge in [-0.25, -0.2) is 0 Å². The molecule has 172 valence electrons. The monoisotopic (exact) mass is 446 g/mol. The first-order valence-corrected chi connectivity index (χ1v) is 11.1. The van der Waals surface area contributed by atoms with Crippen LogP contribution in [0.4, 0.5) is 5.69 Å². The lowest BCUT2D eigenvalue weighted by Gasteiger charge is -2.36.